The summed E-state index contributed by atoms with van der Waals surface area (Å²) >= 11 is 0. The summed E-state index contributed by atoms with van der Waals surface area (Å²) in [5, 5.41) is 28.3. The van der Waals surface area contributed by atoms with Gasteiger partial charge in [-0.15, -0.1) is 0 Å². The predicted octanol–water partition coefficient (Wildman–Crippen LogP) is 13.5. The zero-order valence-corrected chi connectivity index (χ0v) is 41.1. The molecule has 0 aromatic heterocycles. The van der Waals surface area contributed by atoms with E-state index < -0.39 is 30.4 Å². The maximum Gasteiger partial charge on any atom is 2.00 e. The molecule has 0 atom stereocenters. The number of nitriles is 2. The van der Waals surface area contributed by atoms with Crippen LogP contribution in [-0.4, -0.2) is 14.5 Å². The van der Waals surface area contributed by atoms with E-state index in [1.165, 1.54) is 101 Å². The molecule has 0 fully saturated rings. The zero-order chi connectivity index (χ0) is 48.6. The second kappa shape index (κ2) is 26.0. The van der Waals surface area contributed by atoms with Gasteiger partial charge in [-0.05, 0) is 110 Å². The van der Waals surface area contributed by atoms with Gasteiger partial charge in [0.2, 0.25) is 0 Å². The van der Waals surface area contributed by atoms with Gasteiger partial charge in [0, 0.05) is 25.0 Å². The predicted molar refractivity (Wildman–Crippen MR) is 269 cm³/mol. The molecule has 346 valence electrons. The van der Waals surface area contributed by atoms with Crippen molar-refractivity contribution < 1.29 is 54.9 Å². The molecule has 2 nitrogen and oxygen atoms in total. The molecular formula is C52H48B2F8N2P2Pd+2. The second-order valence-corrected chi connectivity index (χ2v) is 20.0. The SMILES string of the molecule is CC#N.CC#N.Cc1ccc([PH+](c2ccc(C)cc2)c2ccc3ccccc3c2-c2c([PH+](c3ccc(C)cc3)c3ccc(C)cc3)ccc3ccccc23)cc1.F[B-](F)(F)F.F[B-](F)(F)F.[Pd+2]. The van der Waals surface area contributed by atoms with Crippen molar-refractivity contribution >= 4 is 83.7 Å². The van der Waals surface area contributed by atoms with Gasteiger partial charge in [0.15, 0.2) is 0 Å². The van der Waals surface area contributed by atoms with Crippen LogP contribution in [0.1, 0.15) is 36.1 Å². The Labute approximate surface area is 404 Å². The molecule has 8 aromatic carbocycles. The molecule has 0 spiro atoms. The molecule has 0 aliphatic carbocycles. The summed E-state index contributed by atoms with van der Waals surface area (Å²) in [5.74, 6) is 0. The van der Waals surface area contributed by atoms with Crippen molar-refractivity contribution in [3.05, 3.63) is 192 Å². The van der Waals surface area contributed by atoms with Crippen LogP contribution in [0.5, 0.6) is 0 Å². The molecule has 8 rings (SSSR count). The third-order valence-corrected chi connectivity index (χ3v) is 15.6. The van der Waals surface area contributed by atoms with Crippen LogP contribution in [0.2, 0.25) is 0 Å². The van der Waals surface area contributed by atoms with Crippen LogP contribution < -0.4 is 31.8 Å². The van der Waals surface area contributed by atoms with Gasteiger partial charge < -0.3 is 34.5 Å². The van der Waals surface area contributed by atoms with Gasteiger partial charge in [0.1, 0.15) is 31.8 Å². The van der Waals surface area contributed by atoms with Gasteiger partial charge >= 0.3 is 34.9 Å². The van der Waals surface area contributed by atoms with Gasteiger partial charge in [-0.3, -0.25) is 0 Å². The van der Waals surface area contributed by atoms with Crippen molar-refractivity contribution in [1.82, 2.24) is 0 Å². The molecule has 0 amide bonds. The molecule has 0 aliphatic rings. The van der Waals surface area contributed by atoms with Crippen LogP contribution in [0, 0.1) is 50.4 Å². The van der Waals surface area contributed by atoms with E-state index in [4.69, 9.17) is 10.5 Å². The van der Waals surface area contributed by atoms with Crippen LogP contribution in [0.3, 0.4) is 0 Å². The number of benzene rings is 8. The summed E-state index contributed by atoms with van der Waals surface area (Å²) < 4.78 is 78.0. The van der Waals surface area contributed by atoms with Crippen molar-refractivity contribution in [3.8, 4) is 23.3 Å². The third kappa shape index (κ3) is 16.9. The summed E-state index contributed by atoms with van der Waals surface area (Å²) in [6.07, 6.45) is 0. The van der Waals surface area contributed by atoms with E-state index in [0.29, 0.717) is 0 Å². The Morgan fingerprint density at radius 2 is 0.567 bits per heavy atom. The molecule has 0 N–H and O–H groups in total. The first-order chi connectivity index (χ1) is 31.3. The standard InChI is InChI=1S/C48H40P2.2C2H3N.2BF4.Pd/c1-33-13-23-39(24-14-33)49(40-25-15-34(2)16-26-40)45-31-21-37-9-5-7-11-43(37)47(45)48-44-12-8-6-10-38(44)22-32-46(48)50(41-27-17-35(3)18-28-41)42-29-19-36(4)20-30-42;2*1-2-3;2*2-1(3,4)5;/h5-32H,1-4H3;2*1H3;;;/q;;;2*-1;+2/p+2. The quantitative estimate of drug-likeness (QED) is 0.0907. The molecule has 0 unspecified atom stereocenters. The summed E-state index contributed by atoms with van der Waals surface area (Å²) in [6, 6.07) is 68.5. The first kappa shape index (κ1) is 55.7. The topological polar surface area (TPSA) is 47.6 Å². The fraction of sp³-hybridized carbons (Fsp3) is 0.115. The average Bonchev–Trinajstić information content (AvgIpc) is 3.26. The normalized spacial score (nSPS) is 10.7. The summed E-state index contributed by atoms with van der Waals surface area (Å²) in [5.41, 5.74) is 7.92. The van der Waals surface area contributed by atoms with Crippen molar-refractivity contribution in [2.45, 2.75) is 41.5 Å². The van der Waals surface area contributed by atoms with Crippen LogP contribution in [0.25, 0.3) is 32.7 Å². The van der Waals surface area contributed by atoms with Crippen LogP contribution >= 0.6 is 15.8 Å². The number of rotatable bonds is 7. The number of hydrogen-bond acceptors (Lipinski definition) is 2. The first-order valence-corrected chi connectivity index (χ1v) is 23.7. The number of nitrogens with zero attached hydrogens (tertiary/aromatic N) is 2. The molecule has 15 heteroatoms. The van der Waals surface area contributed by atoms with E-state index in [1.54, 1.807) is 12.1 Å². The summed E-state index contributed by atoms with van der Waals surface area (Å²) in [4.78, 5) is 0. The Hall–Kier alpha value is -5.65. The Kier molecular flexibility index (Phi) is 21.6. The van der Waals surface area contributed by atoms with Gasteiger partial charge in [0.25, 0.3) is 0 Å². The zero-order valence-electron chi connectivity index (χ0n) is 37.6. The maximum absolute atomic E-state index is 9.75. The molecule has 0 bridgehead atoms. The van der Waals surface area contributed by atoms with Gasteiger partial charge in [-0.25, -0.2) is 0 Å². The van der Waals surface area contributed by atoms with Crippen LogP contribution in [0.15, 0.2) is 170 Å². The molecule has 0 radical (unpaired) electrons. The van der Waals surface area contributed by atoms with E-state index in [-0.39, 0.29) is 20.4 Å². The number of hydrogen-bond donors (Lipinski definition) is 0. The van der Waals surface area contributed by atoms with Crippen LogP contribution in [-0.2, 0) is 20.4 Å². The molecule has 0 heterocycles. The van der Waals surface area contributed by atoms with E-state index >= 15 is 0 Å². The Balaban J connectivity index is 0.000000611. The fourth-order valence-electron chi connectivity index (χ4n) is 7.33. The average molecular weight is 1040 g/mol. The Morgan fingerprint density at radius 1 is 0.358 bits per heavy atom. The smallest absolute Gasteiger partial charge is 0.418 e. The van der Waals surface area contributed by atoms with Crippen molar-refractivity contribution in [1.29, 1.82) is 10.5 Å². The maximum atomic E-state index is 9.75. The third-order valence-electron chi connectivity index (χ3n) is 10.0. The van der Waals surface area contributed by atoms with Gasteiger partial charge in [0.05, 0.1) is 28.0 Å². The molecule has 67 heavy (non-hydrogen) atoms. The summed E-state index contributed by atoms with van der Waals surface area (Å²) in [7, 11) is -14.8. The molecular weight excluding hydrogens is 995 g/mol. The first-order valence-electron chi connectivity index (χ1n) is 20.7. The van der Waals surface area contributed by atoms with Crippen LogP contribution in [0.4, 0.5) is 34.5 Å². The van der Waals surface area contributed by atoms with Crippen molar-refractivity contribution in [2.75, 3.05) is 0 Å². The molecule has 0 aliphatic heterocycles. The minimum atomic E-state index is -6.00. The van der Waals surface area contributed by atoms with E-state index in [1.807, 2.05) is 0 Å². The Morgan fingerprint density at radius 3 is 0.791 bits per heavy atom. The minimum absolute atomic E-state index is 0. The van der Waals surface area contributed by atoms with E-state index in [2.05, 4.69) is 198 Å². The second-order valence-electron chi connectivity index (χ2n) is 15.1. The Bertz CT molecular complexity index is 2600. The van der Waals surface area contributed by atoms with Gasteiger partial charge in [-0.1, -0.05) is 131 Å². The molecule has 0 saturated carbocycles. The number of halogens is 8. The molecule has 0 saturated heterocycles. The van der Waals surface area contributed by atoms with Gasteiger partial charge in [-0.2, -0.15) is 10.5 Å². The largest absolute Gasteiger partial charge is 2.00 e. The van der Waals surface area contributed by atoms with E-state index in [0.717, 1.165) is 0 Å². The van der Waals surface area contributed by atoms with Crippen molar-refractivity contribution in [3.63, 3.8) is 0 Å². The van der Waals surface area contributed by atoms with E-state index in [9.17, 15) is 34.5 Å². The number of aryl methyl sites for hydroxylation is 4. The number of fused-ring (bicyclic) bond motifs is 2. The summed E-state index contributed by atoms with van der Waals surface area (Å²) in [6.45, 7) is 11.6. The monoisotopic (exact) mass is 1040 g/mol. The molecule has 8 aromatic rings. The van der Waals surface area contributed by atoms with Crippen molar-refractivity contribution in [2.24, 2.45) is 0 Å². The fourth-order valence-corrected chi connectivity index (χ4v) is 12.8. The minimum Gasteiger partial charge on any atom is -0.418 e.